The van der Waals surface area contributed by atoms with Gasteiger partial charge in [0.2, 0.25) is 0 Å². The summed E-state index contributed by atoms with van der Waals surface area (Å²) in [5.74, 6) is 0.0136. The molecule has 0 saturated carbocycles. The summed E-state index contributed by atoms with van der Waals surface area (Å²) in [7, 11) is -0.810. The highest BCUT2D eigenvalue weighted by Crippen LogP contribution is 2.30. The Morgan fingerprint density at radius 3 is 2.57 bits per heavy atom. The van der Waals surface area contributed by atoms with Gasteiger partial charge in [0, 0.05) is 13.6 Å². The van der Waals surface area contributed by atoms with Gasteiger partial charge in [0.05, 0.1) is 7.11 Å². The largest absolute Gasteiger partial charge is 0.493 e. The molecule has 9 heteroatoms. The zero-order chi connectivity index (χ0) is 17.0. The van der Waals surface area contributed by atoms with E-state index in [1.165, 1.54) is 42.7 Å². The van der Waals surface area contributed by atoms with Gasteiger partial charge in [-0.2, -0.15) is 13.1 Å². The Bertz CT molecular complexity index is 748. The van der Waals surface area contributed by atoms with Crippen LogP contribution in [0.2, 0.25) is 0 Å². The summed E-state index contributed by atoms with van der Waals surface area (Å²) in [5.41, 5.74) is 0.589. The molecular formula is C14H15F2NO4S2. The lowest BCUT2D eigenvalue weighted by molar-refractivity contribution is -0.0512. The van der Waals surface area contributed by atoms with E-state index >= 15 is 0 Å². The number of sulfonamides is 1. The normalized spacial score (nSPS) is 11.9. The lowest BCUT2D eigenvalue weighted by Gasteiger charge is -2.17. The van der Waals surface area contributed by atoms with Crippen molar-refractivity contribution in [1.82, 2.24) is 4.31 Å². The zero-order valence-corrected chi connectivity index (χ0v) is 14.0. The second kappa shape index (κ2) is 7.24. The maximum absolute atomic E-state index is 12.3. The Morgan fingerprint density at radius 2 is 2.00 bits per heavy atom. The van der Waals surface area contributed by atoms with Gasteiger partial charge in [0.25, 0.3) is 10.0 Å². The second-order valence-electron chi connectivity index (χ2n) is 4.56. The summed E-state index contributed by atoms with van der Waals surface area (Å²) in [6, 6.07) is 7.49. The van der Waals surface area contributed by atoms with E-state index in [0.29, 0.717) is 5.56 Å². The van der Waals surface area contributed by atoms with Crippen molar-refractivity contribution in [2.24, 2.45) is 0 Å². The third kappa shape index (κ3) is 4.18. The van der Waals surface area contributed by atoms with Gasteiger partial charge in [-0.15, -0.1) is 11.3 Å². The van der Waals surface area contributed by atoms with E-state index in [4.69, 9.17) is 4.74 Å². The molecule has 0 fully saturated rings. The molecule has 23 heavy (non-hydrogen) atoms. The number of hydrogen-bond acceptors (Lipinski definition) is 5. The van der Waals surface area contributed by atoms with Gasteiger partial charge < -0.3 is 9.47 Å². The molecule has 1 aromatic carbocycles. The molecule has 0 atom stereocenters. The Kier molecular flexibility index (Phi) is 5.55. The molecule has 0 saturated heterocycles. The number of alkyl halides is 2. The van der Waals surface area contributed by atoms with Crippen molar-refractivity contribution in [3.05, 3.63) is 41.3 Å². The highest BCUT2D eigenvalue weighted by Gasteiger charge is 2.22. The van der Waals surface area contributed by atoms with Crippen LogP contribution in [0.5, 0.6) is 11.5 Å². The Morgan fingerprint density at radius 1 is 1.26 bits per heavy atom. The molecule has 1 heterocycles. The number of benzene rings is 1. The number of thiophene rings is 1. The SMILES string of the molecule is COc1cc(CN(C)S(=O)(=O)c2cccs2)ccc1OC(F)F. The molecule has 0 aliphatic carbocycles. The van der Waals surface area contributed by atoms with Crippen molar-refractivity contribution in [1.29, 1.82) is 0 Å². The molecule has 126 valence electrons. The molecule has 0 spiro atoms. The fourth-order valence-corrected chi connectivity index (χ4v) is 4.27. The summed E-state index contributed by atoms with van der Waals surface area (Å²) in [4.78, 5) is 0. The van der Waals surface area contributed by atoms with E-state index in [1.807, 2.05) is 0 Å². The number of rotatable bonds is 7. The molecular weight excluding hydrogens is 348 g/mol. The van der Waals surface area contributed by atoms with Crippen LogP contribution in [0.3, 0.4) is 0 Å². The van der Waals surface area contributed by atoms with Gasteiger partial charge in [0.1, 0.15) is 4.21 Å². The van der Waals surface area contributed by atoms with E-state index in [-0.39, 0.29) is 22.3 Å². The first kappa shape index (κ1) is 17.6. The van der Waals surface area contributed by atoms with Crippen LogP contribution < -0.4 is 9.47 Å². The Hall–Kier alpha value is -1.71. The van der Waals surface area contributed by atoms with Crippen LogP contribution in [-0.4, -0.2) is 33.5 Å². The molecule has 0 aliphatic heterocycles. The van der Waals surface area contributed by atoms with E-state index in [1.54, 1.807) is 11.4 Å². The number of ether oxygens (including phenoxy) is 2. The predicted molar refractivity (Wildman–Crippen MR) is 82.6 cm³/mol. The van der Waals surface area contributed by atoms with Gasteiger partial charge in [-0.1, -0.05) is 12.1 Å². The third-order valence-electron chi connectivity index (χ3n) is 3.01. The van der Waals surface area contributed by atoms with Crippen molar-refractivity contribution < 1.29 is 26.7 Å². The summed E-state index contributed by atoms with van der Waals surface area (Å²) in [6.45, 7) is -2.89. The first-order valence-corrected chi connectivity index (χ1v) is 8.78. The first-order chi connectivity index (χ1) is 10.8. The minimum atomic E-state index is -3.58. The molecule has 1 aromatic heterocycles. The average molecular weight is 363 g/mol. The van der Waals surface area contributed by atoms with E-state index in [2.05, 4.69) is 4.74 Å². The summed E-state index contributed by atoms with van der Waals surface area (Å²) in [6.07, 6.45) is 0. The number of hydrogen-bond donors (Lipinski definition) is 0. The van der Waals surface area contributed by atoms with Crippen molar-refractivity contribution in [2.75, 3.05) is 14.2 Å². The molecule has 2 rings (SSSR count). The Labute approximate surface area is 137 Å². The fraction of sp³-hybridized carbons (Fsp3) is 0.286. The monoisotopic (exact) mass is 363 g/mol. The topological polar surface area (TPSA) is 55.8 Å². The maximum atomic E-state index is 12.3. The maximum Gasteiger partial charge on any atom is 0.387 e. The van der Waals surface area contributed by atoms with Gasteiger partial charge in [-0.3, -0.25) is 0 Å². The number of halogens is 2. The molecule has 0 radical (unpaired) electrons. The summed E-state index contributed by atoms with van der Waals surface area (Å²) >= 11 is 1.13. The summed E-state index contributed by atoms with van der Waals surface area (Å²) in [5, 5.41) is 1.68. The third-order valence-corrected chi connectivity index (χ3v) is 6.19. The number of nitrogens with zero attached hydrogens (tertiary/aromatic N) is 1. The van der Waals surface area contributed by atoms with Crippen molar-refractivity contribution in [2.45, 2.75) is 17.4 Å². The average Bonchev–Trinajstić information content (AvgIpc) is 3.03. The second-order valence-corrected chi connectivity index (χ2v) is 7.78. The predicted octanol–water partition coefficient (Wildman–Crippen LogP) is 3.18. The molecule has 0 N–H and O–H groups in total. The van der Waals surface area contributed by atoms with Crippen LogP contribution >= 0.6 is 11.3 Å². The van der Waals surface area contributed by atoms with Gasteiger partial charge in [0.15, 0.2) is 11.5 Å². The molecule has 2 aromatic rings. The standard InChI is InChI=1S/C14H15F2NO4S2/c1-17(23(18,19)13-4-3-7-22-13)9-10-5-6-11(21-14(15)16)12(8-10)20-2/h3-8,14H,9H2,1-2H3. The first-order valence-electron chi connectivity index (χ1n) is 6.46. The lowest BCUT2D eigenvalue weighted by atomic mass is 10.2. The quantitative estimate of drug-likeness (QED) is 0.758. The van der Waals surface area contributed by atoms with Crippen LogP contribution in [0.4, 0.5) is 8.78 Å². The molecule has 5 nitrogen and oxygen atoms in total. The smallest absolute Gasteiger partial charge is 0.387 e. The van der Waals surface area contributed by atoms with Crippen LogP contribution in [0.15, 0.2) is 39.9 Å². The molecule has 0 aliphatic rings. The van der Waals surface area contributed by atoms with Gasteiger partial charge in [-0.25, -0.2) is 8.42 Å². The number of methoxy groups -OCH3 is 1. The van der Waals surface area contributed by atoms with Crippen LogP contribution in [0, 0.1) is 0 Å². The van der Waals surface area contributed by atoms with Gasteiger partial charge >= 0.3 is 6.61 Å². The van der Waals surface area contributed by atoms with Crippen molar-refractivity contribution in [3.63, 3.8) is 0 Å². The van der Waals surface area contributed by atoms with E-state index in [9.17, 15) is 17.2 Å². The molecule has 0 amide bonds. The van der Waals surface area contributed by atoms with E-state index < -0.39 is 16.6 Å². The molecule has 0 bridgehead atoms. The van der Waals surface area contributed by atoms with Crippen LogP contribution in [0.25, 0.3) is 0 Å². The lowest BCUT2D eigenvalue weighted by Crippen LogP contribution is -2.25. The fourth-order valence-electron chi connectivity index (χ4n) is 1.91. The van der Waals surface area contributed by atoms with Crippen molar-refractivity contribution in [3.8, 4) is 11.5 Å². The molecule has 0 unspecified atom stereocenters. The van der Waals surface area contributed by atoms with Crippen LogP contribution in [-0.2, 0) is 16.6 Å². The highest BCUT2D eigenvalue weighted by atomic mass is 32.2. The Balaban J connectivity index is 2.20. The minimum absolute atomic E-state index is 0.0750. The minimum Gasteiger partial charge on any atom is -0.493 e. The van der Waals surface area contributed by atoms with Crippen molar-refractivity contribution >= 4 is 21.4 Å². The van der Waals surface area contributed by atoms with E-state index in [0.717, 1.165) is 11.3 Å². The van der Waals surface area contributed by atoms with Gasteiger partial charge in [-0.05, 0) is 29.1 Å². The highest BCUT2D eigenvalue weighted by molar-refractivity contribution is 7.91. The zero-order valence-electron chi connectivity index (χ0n) is 12.4. The van der Waals surface area contributed by atoms with Crippen LogP contribution in [0.1, 0.15) is 5.56 Å². The summed E-state index contributed by atoms with van der Waals surface area (Å²) < 4.78 is 60.0.